The molecule has 0 amide bonds. The summed E-state index contributed by atoms with van der Waals surface area (Å²) in [5, 5.41) is 0. The Morgan fingerprint density at radius 2 is 1.02 bits per heavy atom. The van der Waals surface area contributed by atoms with Crippen LogP contribution in [0.4, 0.5) is 5.69 Å². The number of aliphatic imine (C=N–C) groups is 1. The second kappa shape index (κ2) is 16.5. The summed E-state index contributed by atoms with van der Waals surface area (Å²) in [6.45, 7) is 2.07. The molecule has 0 fully saturated rings. The van der Waals surface area contributed by atoms with E-state index in [4.69, 9.17) is 10.7 Å². The topological polar surface area (TPSA) is 38.4 Å². The third kappa shape index (κ3) is 8.08. The number of hydrogen-bond donors (Lipinski definition) is 1. The van der Waals surface area contributed by atoms with Gasteiger partial charge in [-0.25, -0.2) is 4.99 Å². The van der Waals surface area contributed by atoms with E-state index in [9.17, 15) is 0 Å². The number of hydrogen-bond acceptors (Lipinski definition) is 1. The van der Waals surface area contributed by atoms with Crippen LogP contribution in [0.25, 0.3) is 16.7 Å². The normalized spacial score (nSPS) is 12.1. The van der Waals surface area contributed by atoms with Gasteiger partial charge < -0.3 is 5.73 Å². The molecule has 0 bridgehead atoms. The Hall–Kier alpha value is -4.78. The molecule has 0 heterocycles. The van der Waals surface area contributed by atoms with Gasteiger partial charge in [0.1, 0.15) is 5.84 Å². The summed E-state index contributed by atoms with van der Waals surface area (Å²) in [4.78, 5) is 5.03. The molecule has 0 aliphatic carbocycles. The molecule has 0 unspecified atom stereocenters. The zero-order chi connectivity index (χ0) is 32.1. The molecule has 0 atom stereocenters. The number of benzene rings is 6. The molecular formula is C42H33ClN2Pd. The molecule has 0 aliphatic rings. The quantitative estimate of drug-likeness (QED) is 0.0420. The predicted molar refractivity (Wildman–Crippen MR) is 191 cm³/mol. The fourth-order valence-electron chi connectivity index (χ4n) is 5.31. The van der Waals surface area contributed by atoms with Crippen molar-refractivity contribution in [3.63, 3.8) is 0 Å². The predicted octanol–water partition coefficient (Wildman–Crippen LogP) is 10.6. The standard InChI is InChI=1S/C42H33N2.ClH.Pd/c1-31-26-28-36(29-27-31)42(43)44-39-25-15-14-24-37(39)40(34-20-10-4-11-21-34)41(35-22-12-5-13-23-35)38(33-18-8-3-9-19-33)30-32-16-6-2-7-17-32;;/h2-29H,1H3,(H2,43,44);1H;/q-1;;+2/p-1/b41-40+;;. The summed E-state index contributed by atoms with van der Waals surface area (Å²) in [5.41, 5.74) is 17.8. The van der Waals surface area contributed by atoms with Crippen LogP contribution in [-0.4, -0.2) is 5.84 Å². The third-order valence-corrected chi connectivity index (χ3v) is 7.49. The summed E-state index contributed by atoms with van der Waals surface area (Å²) in [6, 6.07) is 58.3. The number of rotatable bonds is 8. The Bertz CT molecular complexity index is 1930. The molecule has 6 rings (SSSR count). The molecule has 0 radical (unpaired) electrons. The van der Waals surface area contributed by atoms with Gasteiger partial charge in [-0.15, -0.1) is 29.3 Å². The van der Waals surface area contributed by atoms with E-state index in [0.29, 0.717) is 5.84 Å². The maximum atomic E-state index is 6.64. The van der Waals surface area contributed by atoms with Crippen LogP contribution in [0.2, 0.25) is 0 Å². The van der Waals surface area contributed by atoms with E-state index in [1.165, 1.54) is 5.56 Å². The maximum absolute atomic E-state index is 6.64. The molecule has 6 aromatic rings. The second-order valence-corrected chi connectivity index (χ2v) is 10.6. The van der Waals surface area contributed by atoms with Crippen LogP contribution in [-0.2, 0) is 18.2 Å². The second-order valence-electron chi connectivity index (χ2n) is 10.6. The molecule has 6 aromatic carbocycles. The zero-order valence-electron chi connectivity index (χ0n) is 25.4. The van der Waals surface area contributed by atoms with Gasteiger partial charge in [0.2, 0.25) is 0 Å². The summed E-state index contributed by atoms with van der Waals surface area (Å²) < 4.78 is 0. The minimum absolute atomic E-state index is 0.473. The van der Waals surface area contributed by atoms with E-state index in [1.807, 2.05) is 54.6 Å². The summed E-state index contributed by atoms with van der Waals surface area (Å²) in [6.07, 6.45) is 3.80. The van der Waals surface area contributed by atoms with Crippen molar-refractivity contribution in [2.24, 2.45) is 10.7 Å². The van der Waals surface area contributed by atoms with E-state index in [1.54, 1.807) is 0 Å². The third-order valence-electron chi connectivity index (χ3n) is 7.49. The molecule has 228 valence electrons. The van der Waals surface area contributed by atoms with E-state index in [2.05, 4.69) is 156 Å². The minimum atomic E-state index is 0.473. The number of para-hydroxylation sites is 1. The van der Waals surface area contributed by atoms with Crippen LogP contribution in [0.5, 0.6) is 0 Å². The van der Waals surface area contributed by atoms with E-state index in [0.717, 1.165) is 55.8 Å². The number of halogens is 1. The zero-order valence-corrected chi connectivity index (χ0v) is 27.7. The average molecular weight is 708 g/mol. The molecule has 0 aromatic heterocycles. The first kappa shape index (κ1) is 32.6. The molecule has 4 heteroatoms. The van der Waals surface area contributed by atoms with Gasteiger partial charge >= 0.3 is 27.7 Å². The number of nitrogens with zero attached hydrogens (tertiary/aromatic N) is 1. The Kier molecular flexibility index (Phi) is 11.7. The van der Waals surface area contributed by atoms with Crippen molar-refractivity contribution in [2.45, 2.75) is 6.92 Å². The Labute approximate surface area is 287 Å². The van der Waals surface area contributed by atoms with Crippen LogP contribution in [0.15, 0.2) is 175 Å². The number of amidine groups is 1. The average Bonchev–Trinajstić information content (AvgIpc) is 3.13. The molecule has 0 spiro atoms. The number of allylic oxidation sites excluding steroid dienone is 2. The van der Waals surface area contributed by atoms with E-state index < -0.39 is 0 Å². The van der Waals surface area contributed by atoms with Crippen LogP contribution in [0, 0.1) is 13.0 Å². The van der Waals surface area contributed by atoms with Crippen molar-refractivity contribution in [3.05, 3.63) is 215 Å². The van der Waals surface area contributed by atoms with Crippen LogP contribution < -0.4 is 5.73 Å². The Morgan fingerprint density at radius 3 is 1.61 bits per heavy atom. The number of nitrogens with two attached hydrogens (primary N) is 1. The number of aryl methyl sites for hydroxylation is 1. The van der Waals surface area contributed by atoms with Gasteiger partial charge in [0.15, 0.2) is 0 Å². The van der Waals surface area contributed by atoms with Crippen LogP contribution in [0.1, 0.15) is 38.9 Å². The molecule has 46 heavy (non-hydrogen) atoms. The molecular weight excluding hydrogens is 674 g/mol. The Morgan fingerprint density at radius 1 is 0.543 bits per heavy atom. The summed E-state index contributed by atoms with van der Waals surface area (Å²) >= 11 is 2.22. The van der Waals surface area contributed by atoms with Gasteiger partial charge in [0.05, 0.1) is 5.69 Å². The summed E-state index contributed by atoms with van der Waals surface area (Å²) in [7, 11) is 4.49. The molecule has 0 saturated heterocycles. The van der Waals surface area contributed by atoms with Gasteiger partial charge in [-0.05, 0) is 24.1 Å². The van der Waals surface area contributed by atoms with Crippen LogP contribution >= 0.6 is 9.53 Å². The first-order valence-electron chi connectivity index (χ1n) is 14.9. The van der Waals surface area contributed by atoms with Gasteiger partial charge in [0, 0.05) is 11.1 Å². The van der Waals surface area contributed by atoms with Crippen molar-refractivity contribution in [3.8, 4) is 0 Å². The van der Waals surface area contributed by atoms with E-state index in [-0.39, 0.29) is 0 Å². The fourth-order valence-corrected chi connectivity index (χ4v) is 5.31. The van der Waals surface area contributed by atoms with E-state index >= 15 is 0 Å². The van der Waals surface area contributed by atoms with Gasteiger partial charge in [-0.3, -0.25) is 0 Å². The summed E-state index contributed by atoms with van der Waals surface area (Å²) in [5.74, 6) is 0.473. The SMILES string of the molecule is Cc1ccc(C(N)=Nc2ccccc2/C(=C(/C(=[C-]c2ccccc2)c2ccccc2)c2ccccc2)c2ccccc2)cc1.[Cl][Pd+]. The fraction of sp³-hybridized carbons (Fsp3) is 0.0238. The van der Waals surface area contributed by atoms with Crippen molar-refractivity contribution >= 4 is 37.8 Å². The van der Waals surface area contributed by atoms with Gasteiger partial charge in [-0.1, -0.05) is 174 Å². The monoisotopic (exact) mass is 706 g/mol. The van der Waals surface area contributed by atoms with Crippen molar-refractivity contribution in [1.29, 1.82) is 0 Å². The van der Waals surface area contributed by atoms with Gasteiger partial charge in [0.25, 0.3) is 0 Å². The molecule has 0 saturated carbocycles. The van der Waals surface area contributed by atoms with Crippen LogP contribution in [0.3, 0.4) is 0 Å². The molecule has 0 aliphatic heterocycles. The van der Waals surface area contributed by atoms with Crippen molar-refractivity contribution in [1.82, 2.24) is 0 Å². The molecule has 2 nitrogen and oxygen atoms in total. The van der Waals surface area contributed by atoms with Crippen molar-refractivity contribution in [2.75, 3.05) is 0 Å². The first-order valence-corrected chi connectivity index (χ1v) is 16.9. The Balaban J connectivity index is 0.00000204. The first-order chi connectivity index (χ1) is 22.7. The van der Waals surface area contributed by atoms with Crippen molar-refractivity contribution < 1.29 is 18.2 Å². The molecule has 2 N–H and O–H groups in total. The van der Waals surface area contributed by atoms with Gasteiger partial charge in [-0.2, -0.15) is 0 Å².